The molecule has 1 fully saturated rings. The summed E-state index contributed by atoms with van der Waals surface area (Å²) >= 11 is 0. The summed E-state index contributed by atoms with van der Waals surface area (Å²) in [6.45, 7) is 7.38. The molecule has 1 saturated heterocycles. The first-order valence-corrected chi connectivity index (χ1v) is 7.15. The number of hydrogen-bond acceptors (Lipinski definition) is 2. The van der Waals surface area contributed by atoms with Crippen LogP contribution in [0.1, 0.15) is 32.3 Å². The van der Waals surface area contributed by atoms with Crippen molar-refractivity contribution in [1.29, 1.82) is 0 Å². The lowest BCUT2D eigenvalue weighted by molar-refractivity contribution is 0.0564. The second-order valence-electron chi connectivity index (χ2n) is 5.44. The van der Waals surface area contributed by atoms with E-state index < -0.39 is 0 Å². The maximum Gasteiger partial charge on any atom is 0.0597 e. The molecule has 1 aromatic rings. The summed E-state index contributed by atoms with van der Waals surface area (Å²) in [6.07, 6.45) is 4.19. The van der Waals surface area contributed by atoms with Crippen molar-refractivity contribution in [3.8, 4) is 0 Å². The van der Waals surface area contributed by atoms with Gasteiger partial charge in [0.2, 0.25) is 0 Å². The van der Waals surface area contributed by atoms with E-state index in [0.29, 0.717) is 12.1 Å². The molecular formula is C16H25NO. The van der Waals surface area contributed by atoms with Crippen molar-refractivity contribution in [1.82, 2.24) is 4.90 Å². The van der Waals surface area contributed by atoms with Crippen molar-refractivity contribution >= 4 is 0 Å². The van der Waals surface area contributed by atoms with Gasteiger partial charge in [-0.05, 0) is 45.2 Å². The molecule has 100 valence electrons. The van der Waals surface area contributed by atoms with Crippen LogP contribution in [0.5, 0.6) is 0 Å². The van der Waals surface area contributed by atoms with Crippen molar-refractivity contribution < 1.29 is 4.74 Å². The first-order chi connectivity index (χ1) is 8.75. The predicted molar refractivity (Wildman–Crippen MR) is 75.8 cm³/mol. The Balaban J connectivity index is 1.80. The number of ether oxygens (including phenoxy) is 1. The van der Waals surface area contributed by atoms with E-state index in [2.05, 4.69) is 49.1 Å². The third-order valence-corrected chi connectivity index (χ3v) is 3.64. The molecule has 0 spiro atoms. The Morgan fingerprint density at radius 2 is 2.06 bits per heavy atom. The molecule has 1 aliphatic heterocycles. The highest BCUT2D eigenvalue weighted by Crippen LogP contribution is 2.20. The Bertz CT molecular complexity index is 336. The van der Waals surface area contributed by atoms with Crippen LogP contribution >= 0.6 is 0 Å². The molecular weight excluding hydrogens is 222 g/mol. The molecule has 0 saturated carbocycles. The standard InChI is InChI=1S/C16H25NO/c1-14(2)18-12-11-17-10-6-9-16(17)13-15-7-4-3-5-8-15/h3-5,7-8,14,16H,6,9-13H2,1-2H3. The van der Waals surface area contributed by atoms with Crippen LogP contribution in [0.25, 0.3) is 0 Å². The van der Waals surface area contributed by atoms with Crippen LogP contribution in [0.4, 0.5) is 0 Å². The Kier molecular flexibility index (Phi) is 5.21. The van der Waals surface area contributed by atoms with Gasteiger partial charge in [-0.2, -0.15) is 0 Å². The maximum atomic E-state index is 5.66. The number of rotatable bonds is 6. The molecule has 1 aliphatic rings. The van der Waals surface area contributed by atoms with Crippen LogP contribution in [-0.2, 0) is 11.2 Å². The molecule has 0 N–H and O–H groups in total. The van der Waals surface area contributed by atoms with E-state index in [4.69, 9.17) is 4.74 Å². The fourth-order valence-electron chi connectivity index (χ4n) is 2.71. The molecule has 0 bridgehead atoms. The lowest BCUT2D eigenvalue weighted by Gasteiger charge is -2.24. The van der Waals surface area contributed by atoms with E-state index in [1.807, 2.05) is 0 Å². The van der Waals surface area contributed by atoms with Crippen molar-refractivity contribution in [3.05, 3.63) is 35.9 Å². The van der Waals surface area contributed by atoms with Gasteiger partial charge in [-0.25, -0.2) is 0 Å². The van der Waals surface area contributed by atoms with Gasteiger partial charge >= 0.3 is 0 Å². The van der Waals surface area contributed by atoms with Crippen molar-refractivity contribution in [3.63, 3.8) is 0 Å². The molecule has 0 aromatic heterocycles. The van der Waals surface area contributed by atoms with Gasteiger partial charge in [0.1, 0.15) is 0 Å². The fourth-order valence-corrected chi connectivity index (χ4v) is 2.71. The minimum atomic E-state index is 0.347. The lowest BCUT2D eigenvalue weighted by Crippen LogP contribution is -2.34. The maximum absolute atomic E-state index is 5.66. The zero-order valence-corrected chi connectivity index (χ0v) is 11.6. The molecule has 1 heterocycles. The topological polar surface area (TPSA) is 12.5 Å². The number of benzene rings is 1. The van der Waals surface area contributed by atoms with Gasteiger partial charge in [0.05, 0.1) is 12.7 Å². The van der Waals surface area contributed by atoms with Crippen LogP contribution in [0.3, 0.4) is 0 Å². The third-order valence-electron chi connectivity index (χ3n) is 3.64. The van der Waals surface area contributed by atoms with Gasteiger partial charge < -0.3 is 4.74 Å². The van der Waals surface area contributed by atoms with E-state index >= 15 is 0 Å². The Hall–Kier alpha value is -0.860. The summed E-state index contributed by atoms with van der Waals surface area (Å²) in [4.78, 5) is 2.59. The summed E-state index contributed by atoms with van der Waals surface area (Å²) in [7, 11) is 0. The van der Waals surface area contributed by atoms with Crippen molar-refractivity contribution in [2.75, 3.05) is 19.7 Å². The lowest BCUT2D eigenvalue weighted by atomic mass is 10.0. The largest absolute Gasteiger partial charge is 0.377 e. The average molecular weight is 247 g/mol. The van der Waals surface area contributed by atoms with E-state index in [9.17, 15) is 0 Å². The van der Waals surface area contributed by atoms with Gasteiger partial charge in [-0.1, -0.05) is 30.3 Å². The predicted octanol–water partition coefficient (Wildman–Crippen LogP) is 3.12. The molecule has 1 aromatic carbocycles. The first kappa shape index (κ1) is 13.6. The molecule has 0 radical (unpaired) electrons. The first-order valence-electron chi connectivity index (χ1n) is 7.15. The van der Waals surface area contributed by atoms with E-state index in [0.717, 1.165) is 13.2 Å². The summed E-state index contributed by atoms with van der Waals surface area (Å²) in [5.74, 6) is 0. The van der Waals surface area contributed by atoms with Gasteiger partial charge in [0.15, 0.2) is 0 Å². The third kappa shape index (κ3) is 4.11. The van der Waals surface area contributed by atoms with Gasteiger partial charge in [-0.15, -0.1) is 0 Å². The van der Waals surface area contributed by atoms with E-state index in [1.54, 1.807) is 0 Å². The second-order valence-corrected chi connectivity index (χ2v) is 5.44. The van der Waals surface area contributed by atoms with Gasteiger partial charge in [-0.3, -0.25) is 4.90 Å². The van der Waals surface area contributed by atoms with Crippen LogP contribution < -0.4 is 0 Å². The molecule has 1 atom stereocenters. The number of likely N-dealkylation sites (tertiary alicyclic amines) is 1. The number of nitrogens with zero attached hydrogens (tertiary/aromatic N) is 1. The second kappa shape index (κ2) is 6.91. The highest BCUT2D eigenvalue weighted by molar-refractivity contribution is 5.16. The van der Waals surface area contributed by atoms with E-state index in [-0.39, 0.29) is 0 Å². The molecule has 0 aliphatic carbocycles. The molecule has 0 amide bonds. The Morgan fingerprint density at radius 1 is 1.28 bits per heavy atom. The van der Waals surface area contributed by atoms with Crippen molar-refractivity contribution in [2.45, 2.75) is 45.3 Å². The Labute approximate surface area is 111 Å². The number of hydrogen-bond donors (Lipinski definition) is 0. The SMILES string of the molecule is CC(C)OCCN1CCCC1Cc1ccccc1. The molecule has 2 heteroatoms. The van der Waals surface area contributed by atoms with Crippen LogP contribution in [0, 0.1) is 0 Å². The zero-order valence-electron chi connectivity index (χ0n) is 11.6. The minimum Gasteiger partial charge on any atom is -0.377 e. The summed E-state index contributed by atoms with van der Waals surface area (Å²) in [6, 6.07) is 11.5. The van der Waals surface area contributed by atoms with E-state index in [1.165, 1.54) is 31.4 Å². The highest BCUT2D eigenvalue weighted by Gasteiger charge is 2.24. The monoisotopic (exact) mass is 247 g/mol. The zero-order chi connectivity index (χ0) is 12.8. The van der Waals surface area contributed by atoms with Crippen LogP contribution in [-0.4, -0.2) is 36.7 Å². The normalized spacial score (nSPS) is 20.7. The summed E-state index contributed by atoms with van der Waals surface area (Å²) < 4.78 is 5.66. The summed E-state index contributed by atoms with van der Waals surface area (Å²) in [5.41, 5.74) is 1.46. The fraction of sp³-hybridized carbons (Fsp3) is 0.625. The summed E-state index contributed by atoms with van der Waals surface area (Å²) in [5, 5.41) is 0. The molecule has 2 rings (SSSR count). The average Bonchev–Trinajstić information content (AvgIpc) is 2.78. The van der Waals surface area contributed by atoms with Gasteiger partial charge in [0.25, 0.3) is 0 Å². The molecule has 18 heavy (non-hydrogen) atoms. The van der Waals surface area contributed by atoms with Crippen molar-refractivity contribution in [2.24, 2.45) is 0 Å². The molecule has 1 unspecified atom stereocenters. The minimum absolute atomic E-state index is 0.347. The molecule has 2 nitrogen and oxygen atoms in total. The van der Waals surface area contributed by atoms with Crippen LogP contribution in [0.2, 0.25) is 0 Å². The van der Waals surface area contributed by atoms with Crippen LogP contribution in [0.15, 0.2) is 30.3 Å². The van der Waals surface area contributed by atoms with Gasteiger partial charge in [0, 0.05) is 12.6 Å². The quantitative estimate of drug-likeness (QED) is 0.766. The Morgan fingerprint density at radius 3 is 2.78 bits per heavy atom. The smallest absolute Gasteiger partial charge is 0.0597 e. The highest BCUT2D eigenvalue weighted by atomic mass is 16.5.